The number of aliphatic hydroxyl groups excluding tert-OH is 2. The molecule has 0 aromatic rings. The molecule has 6 heteroatoms. The molecule has 3 atom stereocenters. The Labute approximate surface area is 377 Å². The van der Waals surface area contributed by atoms with E-state index in [4.69, 9.17) is 4.74 Å². The molecule has 3 unspecified atom stereocenters. The molecule has 0 radical (unpaired) electrons. The second kappa shape index (κ2) is 48.3. The third-order valence-corrected chi connectivity index (χ3v) is 11.3. The van der Waals surface area contributed by atoms with Crippen LogP contribution in [0.25, 0.3) is 0 Å². The van der Waals surface area contributed by atoms with Crippen molar-refractivity contribution in [3.63, 3.8) is 0 Å². The van der Waals surface area contributed by atoms with Crippen molar-refractivity contribution in [2.75, 3.05) is 6.61 Å². The van der Waals surface area contributed by atoms with Gasteiger partial charge in [-0.15, -0.1) is 0 Å². The fourth-order valence-corrected chi connectivity index (χ4v) is 7.42. The number of allylic oxidation sites excluding steroid dienone is 12. The SMILES string of the molecule is CC/C=C/C/C=C/C/C=C/C/C=C/CCCC(CC(=O)NC(CO)C(O)CCCCCCCCCCCCCCCCC)OC(=O)CC/C=C/C/C=C\CCCCCCCC. The van der Waals surface area contributed by atoms with E-state index in [0.717, 1.165) is 70.6 Å². The maximum Gasteiger partial charge on any atom is 0.306 e. The molecule has 0 saturated carbocycles. The Bertz CT molecular complexity index is 1140. The summed E-state index contributed by atoms with van der Waals surface area (Å²) in [5.74, 6) is -0.611. The zero-order valence-electron chi connectivity index (χ0n) is 40.0. The Morgan fingerprint density at radius 2 is 0.902 bits per heavy atom. The van der Waals surface area contributed by atoms with Crippen LogP contribution in [0.2, 0.25) is 0 Å². The molecule has 0 aliphatic rings. The van der Waals surface area contributed by atoms with Crippen molar-refractivity contribution in [3.05, 3.63) is 72.9 Å². The minimum absolute atomic E-state index is 0.0152. The summed E-state index contributed by atoms with van der Waals surface area (Å²) in [5, 5.41) is 23.7. The number of aliphatic hydroxyl groups is 2. The van der Waals surface area contributed by atoms with Crippen LogP contribution >= 0.6 is 0 Å². The van der Waals surface area contributed by atoms with Crippen molar-refractivity contribution in [1.82, 2.24) is 5.32 Å². The maximum absolute atomic E-state index is 13.2. The zero-order chi connectivity index (χ0) is 44.5. The minimum Gasteiger partial charge on any atom is -0.462 e. The molecule has 61 heavy (non-hydrogen) atoms. The first-order chi connectivity index (χ1) is 30.0. The van der Waals surface area contributed by atoms with E-state index in [1.807, 2.05) is 6.08 Å². The Balaban J connectivity index is 4.71. The average molecular weight is 852 g/mol. The van der Waals surface area contributed by atoms with Crippen molar-refractivity contribution >= 4 is 11.9 Å². The van der Waals surface area contributed by atoms with E-state index >= 15 is 0 Å². The third-order valence-electron chi connectivity index (χ3n) is 11.3. The van der Waals surface area contributed by atoms with Crippen molar-refractivity contribution in [2.24, 2.45) is 0 Å². The standard InChI is InChI=1S/C55H97NO5/c1-4-7-10-13-16-19-22-25-27-30-32-35-38-41-44-47-53(58)52(50-57)56-54(59)49-51(46-43-40-37-34-31-29-26-23-20-17-14-11-8-5-2)61-55(60)48-45-42-39-36-33-28-24-21-18-15-12-9-6-3/h8,11,17,20,26,28-29,33-34,37,39,42,51-53,57-58H,4-7,9-10,12-16,18-19,21-25,27,30-32,35-36,38,40-41,43-50H2,1-3H3,(H,56,59)/b11-8+,20-17+,29-26+,33-28-,37-34+,42-39+. The number of esters is 1. The van der Waals surface area contributed by atoms with Crippen LogP contribution in [0, 0.1) is 0 Å². The molecule has 352 valence electrons. The lowest BCUT2D eigenvalue weighted by molar-refractivity contribution is -0.150. The van der Waals surface area contributed by atoms with Gasteiger partial charge < -0.3 is 20.3 Å². The highest BCUT2D eigenvalue weighted by molar-refractivity contribution is 5.77. The highest BCUT2D eigenvalue weighted by Crippen LogP contribution is 2.16. The summed E-state index contributed by atoms with van der Waals surface area (Å²) in [5.41, 5.74) is 0. The van der Waals surface area contributed by atoms with E-state index in [0.29, 0.717) is 19.3 Å². The summed E-state index contributed by atoms with van der Waals surface area (Å²) in [6.07, 6.45) is 61.2. The molecule has 0 fully saturated rings. The summed E-state index contributed by atoms with van der Waals surface area (Å²) >= 11 is 0. The average Bonchev–Trinajstić information content (AvgIpc) is 3.25. The van der Waals surface area contributed by atoms with Crippen LogP contribution in [0.3, 0.4) is 0 Å². The van der Waals surface area contributed by atoms with Crippen LogP contribution < -0.4 is 5.32 Å². The van der Waals surface area contributed by atoms with Gasteiger partial charge in [-0.2, -0.15) is 0 Å². The van der Waals surface area contributed by atoms with Crippen LogP contribution in [-0.4, -0.2) is 46.9 Å². The van der Waals surface area contributed by atoms with Gasteiger partial charge in [-0.1, -0.05) is 222 Å². The first-order valence-corrected chi connectivity index (χ1v) is 25.7. The fourth-order valence-electron chi connectivity index (χ4n) is 7.42. The number of amides is 1. The van der Waals surface area contributed by atoms with Gasteiger partial charge in [-0.05, 0) is 77.0 Å². The minimum atomic E-state index is -0.813. The molecular weight excluding hydrogens is 755 g/mol. The molecule has 0 bridgehead atoms. The van der Waals surface area contributed by atoms with E-state index in [2.05, 4.69) is 92.9 Å². The van der Waals surface area contributed by atoms with Crippen LogP contribution in [0.4, 0.5) is 0 Å². The van der Waals surface area contributed by atoms with Gasteiger partial charge in [0.25, 0.3) is 0 Å². The van der Waals surface area contributed by atoms with E-state index in [1.165, 1.54) is 116 Å². The summed E-state index contributed by atoms with van der Waals surface area (Å²) in [6.45, 7) is 6.33. The van der Waals surface area contributed by atoms with Gasteiger partial charge in [0.1, 0.15) is 6.10 Å². The molecule has 1 amide bonds. The lowest BCUT2D eigenvalue weighted by atomic mass is 10.0. The second-order valence-electron chi connectivity index (χ2n) is 17.2. The molecular formula is C55H97NO5. The van der Waals surface area contributed by atoms with E-state index in [-0.39, 0.29) is 31.3 Å². The van der Waals surface area contributed by atoms with Gasteiger partial charge in [0.2, 0.25) is 5.91 Å². The van der Waals surface area contributed by atoms with E-state index in [9.17, 15) is 19.8 Å². The van der Waals surface area contributed by atoms with Crippen molar-refractivity contribution in [2.45, 2.75) is 257 Å². The maximum atomic E-state index is 13.2. The number of unbranched alkanes of at least 4 members (excludes halogenated alkanes) is 21. The lowest BCUT2D eigenvalue weighted by Crippen LogP contribution is -2.46. The quantitative estimate of drug-likeness (QED) is 0.0322. The van der Waals surface area contributed by atoms with Gasteiger partial charge >= 0.3 is 5.97 Å². The lowest BCUT2D eigenvalue weighted by Gasteiger charge is -2.24. The van der Waals surface area contributed by atoms with Gasteiger partial charge in [0.05, 0.1) is 25.2 Å². The van der Waals surface area contributed by atoms with Gasteiger partial charge in [-0.25, -0.2) is 0 Å². The first kappa shape index (κ1) is 58.3. The van der Waals surface area contributed by atoms with Crippen molar-refractivity contribution < 1.29 is 24.5 Å². The molecule has 0 aromatic heterocycles. The monoisotopic (exact) mass is 852 g/mol. The van der Waals surface area contributed by atoms with Crippen LogP contribution in [0.5, 0.6) is 0 Å². The highest BCUT2D eigenvalue weighted by atomic mass is 16.5. The largest absolute Gasteiger partial charge is 0.462 e. The Morgan fingerprint density at radius 1 is 0.492 bits per heavy atom. The molecule has 0 aliphatic heterocycles. The van der Waals surface area contributed by atoms with Gasteiger partial charge in [-0.3, -0.25) is 9.59 Å². The molecule has 6 nitrogen and oxygen atoms in total. The Hall–Kier alpha value is -2.70. The van der Waals surface area contributed by atoms with Crippen molar-refractivity contribution in [3.8, 4) is 0 Å². The number of ether oxygens (including phenoxy) is 1. The summed E-state index contributed by atoms with van der Waals surface area (Å²) in [7, 11) is 0. The number of hydrogen-bond acceptors (Lipinski definition) is 5. The van der Waals surface area contributed by atoms with Crippen LogP contribution in [-0.2, 0) is 14.3 Å². The van der Waals surface area contributed by atoms with Crippen LogP contribution in [0.1, 0.15) is 239 Å². The zero-order valence-corrected chi connectivity index (χ0v) is 40.0. The molecule has 0 rings (SSSR count). The third kappa shape index (κ3) is 43.7. The summed E-state index contributed by atoms with van der Waals surface area (Å²) in [6, 6.07) is -0.732. The van der Waals surface area contributed by atoms with E-state index < -0.39 is 18.2 Å². The molecule has 0 spiro atoms. The number of hydrogen-bond donors (Lipinski definition) is 3. The fraction of sp³-hybridized carbons (Fsp3) is 0.745. The smallest absolute Gasteiger partial charge is 0.306 e. The number of rotatable bonds is 45. The highest BCUT2D eigenvalue weighted by Gasteiger charge is 2.23. The van der Waals surface area contributed by atoms with Crippen molar-refractivity contribution in [1.29, 1.82) is 0 Å². The molecule has 3 N–H and O–H groups in total. The number of nitrogens with one attached hydrogen (secondary N) is 1. The Morgan fingerprint density at radius 3 is 1.38 bits per heavy atom. The number of carbonyl (C=O) groups excluding carboxylic acids is 2. The Kier molecular flexibility index (Phi) is 46.2. The summed E-state index contributed by atoms with van der Waals surface area (Å²) < 4.78 is 5.86. The predicted molar refractivity (Wildman–Crippen MR) is 264 cm³/mol. The van der Waals surface area contributed by atoms with Gasteiger partial charge in [0, 0.05) is 6.42 Å². The second-order valence-corrected chi connectivity index (χ2v) is 17.2. The van der Waals surface area contributed by atoms with E-state index in [1.54, 1.807) is 0 Å². The molecule has 0 aromatic carbocycles. The van der Waals surface area contributed by atoms with Crippen LogP contribution in [0.15, 0.2) is 72.9 Å². The van der Waals surface area contributed by atoms with Gasteiger partial charge in [0.15, 0.2) is 0 Å². The first-order valence-electron chi connectivity index (χ1n) is 25.7. The topological polar surface area (TPSA) is 95.9 Å². The molecule has 0 aliphatic carbocycles. The predicted octanol–water partition coefficient (Wildman–Crippen LogP) is 15.4. The molecule has 0 saturated heterocycles. The normalized spacial score (nSPS) is 13.9. The summed E-state index contributed by atoms with van der Waals surface area (Å²) in [4.78, 5) is 26.1. The molecule has 0 heterocycles. The number of carbonyl (C=O) groups is 2.